The Morgan fingerprint density at radius 3 is 2.86 bits per heavy atom. The third-order valence-electron chi connectivity index (χ3n) is 2.55. The molecule has 1 saturated carbocycles. The van der Waals surface area contributed by atoms with E-state index in [1.807, 2.05) is 0 Å². The average molecular weight is 190 g/mol. The maximum absolute atomic E-state index is 11.6. The molecule has 3 heteroatoms. The van der Waals surface area contributed by atoms with Gasteiger partial charge in [0.1, 0.15) is 5.69 Å². The van der Waals surface area contributed by atoms with Crippen molar-refractivity contribution < 1.29 is 4.79 Å². The fourth-order valence-corrected chi connectivity index (χ4v) is 1.44. The molecule has 0 saturated heterocycles. The number of aromatic nitrogens is 1. The molecule has 0 spiro atoms. The number of anilines is 1. The molecule has 1 fully saturated rings. The van der Waals surface area contributed by atoms with Crippen LogP contribution in [0.15, 0.2) is 18.3 Å². The van der Waals surface area contributed by atoms with Crippen LogP contribution in [0.5, 0.6) is 0 Å². The van der Waals surface area contributed by atoms with Crippen LogP contribution in [-0.2, 0) is 0 Å². The molecule has 1 aromatic heterocycles. The standard InChI is InChI=1S/C11H14N2O/c12-9-4-5-10(13-7-9)11(14)6-3-8-1-2-8/h4-5,7-8H,1-3,6,12H2. The third kappa shape index (κ3) is 2.31. The second-order valence-corrected chi connectivity index (χ2v) is 3.88. The predicted octanol–water partition coefficient (Wildman–Crippen LogP) is 2.04. The van der Waals surface area contributed by atoms with Crippen molar-refractivity contribution in [2.45, 2.75) is 25.7 Å². The minimum atomic E-state index is 0.136. The largest absolute Gasteiger partial charge is 0.397 e. The van der Waals surface area contributed by atoms with E-state index >= 15 is 0 Å². The summed E-state index contributed by atoms with van der Waals surface area (Å²) >= 11 is 0. The number of carbonyl (C=O) groups is 1. The van der Waals surface area contributed by atoms with E-state index in [0.717, 1.165) is 12.3 Å². The number of nitrogens with zero attached hydrogens (tertiary/aromatic N) is 1. The fourth-order valence-electron chi connectivity index (χ4n) is 1.44. The first-order valence-corrected chi connectivity index (χ1v) is 5.00. The van der Waals surface area contributed by atoms with E-state index in [4.69, 9.17) is 5.73 Å². The van der Waals surface area contributed by atoms with Crippen molar-refractivity contribution >= 4 is 11.5 Å². The van der Waals surface area contributed by atoms with Gasteiger partial charge in [-0.15, -0.1) is 0 Å². The zero-order chi connectivity index (χ0) is 9.97. The molecule has 3 nitrogen and oxygen atoms in total. The van der Waals surface area contributed by atoms with E-state index in [9.17, 15) is 4.79 Å². The highest BCUT2D eigenvalue weighted by molar-refractivity contribution is 5.94. The molecule has 14 heavy (non-hydrogen) atoms. The predicted molar refractivity (Wildman–Crippen MR) is 54.9 cm³/mol. The highest BCUT2D eigenvalue weighted by atomic mass is 16.1. The van der Waals surface area contributed by atoms with Crippen molar-refractivity contribution in [3.63, 3.8) is 0 Å². The molecule has 74 valence electrons. The first kappa shape index (κ1) is 9.19. The number of nitrogen functional groups attached to an aromatic ring is 1. The minimum absolute atomic E-state index is 0.136. The quantitative estimate of drug-likeness (QED) is 0.739. The summed E-state index contributed by atoms with van der Waals surface area (Å²) < 4.78 is 0. The number of Topliss-reactive ketones (excluding diaryl/α,β-unsaturated/α-hetero) is 1. The lowest BCUT2D eigenvalue weighted by Gasteiger charge is -1.99. The molecule has 1 aliphatic rings. The molecular weight excluding hydrogens is 176 g/mol. The second-order valence-electron chi connectivity index (χ2n) is 3.88. The summed E-state index contributed by atoms with van der Waals surface area (Å²) in [5.41, 5.74) is 6.63. The van der Waals surface area contributed by atoms with E-state index in [1.54, 1.807) is 12.1 Å². The summed E-state index contributed by atoms with van der Waals surface area (Å²) in [5.74, 6) is 0.935. The Bertz CT molecular complexity index is 328. The van der Waals surface area contributed by atoms with Crippen molar-refractivity contribution in [3.8, 4) is 0 Å². The van der Waals surface area contributed by atoms with Crippen molar-refractivity contribution in [2.75, 3.05) is 5.73 Å². The van der Waals surface area contributed by atoms with E-state index in [-0.39, 0.29) is 5.78 Å². The van der Waals surface area contributed by atoms with E-state index < -0.39 is 0 Å². The Morgan fingerprint density at radius 2 is 2.29 bits per heavy atom. The van der Waals surface area contributed by atoms with Gasteiger partial charge in [0, 0.05) is 6.42 Å². The number of hydrogen-bond acceptors (Lipinski definition) is 3. The first-order chi connectivity index (χ1) is 6.75. The van der Waals surface area contributed by atoms with Crippen molar-refractivity contribution in [1.82, 2.24) is 4.98 Å². The van der Waals surface area contributed by atoms with E-state index in [0.29, 0.717) is 17.8 Å². The van der Waals surface area contributed by atoms with Crippen LogP contribution < -0.4 is 5.73 Å². The summed E-state index contributed by atoms with van der Waals surface area (Å²) in [5, 5.41) is 0. The molecule has 2 N–H and O–H groups in total. The Kier molecular flexibility index (Phi) is 2.48. The summed E-state index contributed by atoms with van der Waals surface area (Å²) in [6.45, 7) is 0. The highest BCUT2D eigenvalue weighted by Gasteiger charge is 2.22. The van der Waals surface area contributed by atoms with Crippen LogP contribution in [0.3, 0.4) is 0 Å². The van der Waals surface area contributed by atoms with Gasteiger partial charge in [0.2, 0.25) is 0 Å². The molecule has 1 aliphatic carbocycles. The number of nitrogens with two attached hydrogens (primary N) is 1. The zero-order valence-electron chi connectivity index (χ0n) is 8.07. The summed E-state index contributed by atoms with van der Waals surface area (Å²) in [6.07, 6.45) is 5.77. The maximum atomic E-state index is 11.6. The molecule has 0 unspecified atom stereocenters. The van der Waals surface area contributed by atoms with Gasteiger partial charge in [-0.25, -0.2) is 0 Å². The van der Waals surface area contributed by atoms with Gasteiger partial charge in [-0.05, 0) is 24.5 Å². The Morgan fingerprint density at radius 1 is 1.50 bits per heavy atom. The average Bonchev–Trinajstić information content (AvgIpc) is 2.99. The summed E-state index contributed by atoms with van der Waals surface area (Å²) in [7, 11) is 0. The number of rotatable bonds is 4. The second kappa shape index (κ2) is 3.78. The van der Waals surface area contributed by atoms with Crippen molar-refractivity contribution in [3.05, 3.63) is 24.0 Å². The fraction of sp³-hybridized carbons (Fsp3) is 0.455. The first-order valence-electron chi connectivity index (χ1n) is 5.00. The number of ketones is 1. The van der Waals surface area contributed by atoms with Crippen LogP contribution in [0.1, 0.15) is 36.2 Å². The van der Waals surface area contributed by atoms with Gasteiger partial charge in [-0.2, -0.15) is 0 Å². The van der Waals surface area contributed by atoms with E-state index in [2.05, 4.69) is 4.98 Å². The molecule has 2 rings (SSSR count). The molecule has 1 heterocycles. The molecule has 1 aromatic rings. The Balaban J connectivity index is 1.92. The zero-order valence-corrected chi connectivity index (χ0v) is 8.07. The van der Waals surface area contributed by atoms with Crippen LogP contribution >= 0.6 is 0 Å². The summed E-state index contributed by atoms with van der Waals surface area (Å²) in [6, 6.07) is 3.42. The van der Waals surface area contributed by atoms with Crippen molar-refractivity contribution in [2.24, 2.45) is 5.92 Å². The van der Waals surface area contributed by atoms with Gasteiger partial charge in [0.15, 0.2) is 5.78 Å². The van der Waals surface area contributed by atoms with Gasteiger partial charge in [0.05, 0.1) is 11.9 Å². The lowest BCUT2D eigenvalue weighted by Crippen LogP contribution is -2.02. The van der Waals surface area contributed by atoms with Gasteiger partial charge < -0.3 is 5.73 Å². The van der Waals surface area contributed by atoms with Crippen LogP contribution in [-0.4, -0.2) is 10.8 Å². The Labute approximate surface area is 83.3 Å². The van der Waals surface area contributed by atoms with Gasteiger partial charge in [-0.1, -0.05) is 12.8 Å². The third-order valence-corrected chi connectivity index (χ3v) is 2.55. The SMILES string of the molecule is Nc1ccc(C(=O)CCC2CC2)nc1. The van der Waals surface area contributed by atoms with E-state index in [1.165, 1.54) is 19.0 Å². The molecule has 0 atom stereocenters. The molecule has 0 aliphatic heterocycles. The lowest BCUT2D eigenvalue weighted by atomic mass is 10.1. The maximum Gasteiger partial charge on any atom is 0.181 e. The topological polar surface area (TPSA) is 56.0 Å². The monoisotopic (exact) mass is 190 g/mol. The highest BCUT2D eigenvalue weighted by Crippen LogP contribution is 2.33. The molecular formula is C11H14N2O. The summed E-state index contributed by atoms with van der Waals surface area (Å²) in [4.78, 5) is 15.6. The smallest absolute Gasteiger partial charge is 0.181 e. The minimum Gasteiger partial charge on any atom is -0.397 e. The van der Waals surface area contributed by atoms with Gasteiger partial charge >= 0.3 is 0 Å². The van der Waals surface area contributed by atoms with Gasteiger partial charge in [-0.3, -0.25) is 9.78 Å². The number of pyridine rings is 1. The van der Waals surface area contributed by atoms with Crippen LogP contribution in [0.2, 0.25) is 0 Å². The van der Waals surface area contributed by atoms with Crippen LogP contribution in [0.25, 0.3) is 0 Å². The van der Waals surface area contributed by atoms with Crippen LogP contribution in [0.4, 0.5) is 5.69 Å². The molecule has 0 bridgehead atoms. The number of hydrogen-bond donors (Lipinski definition) is 1. The lowest BCUT2D eigenvalue weighted by molar-refractivity contribution is 0.0973. The normalized spacial score (nSPS) is 15.4. The van der Waals surface area contributed by atoms with Gasteiger partial charge in [0.25, 0.3) is 0 Å². The molecule has 0 aromatic carbocycles. The van der Waals surface area contributed by atoms with Crippen LogP contribution in [0, 0.1) is 5.92 Å². The Hall–Kier alpha value is -1.38. The molecule has 0 amide bonds. The number of carbonyl (C=O) groups excluding carboxylic acids is 1. The van der Waals surface area contributed by atoms with Crippen molar-refractivity contribution in [1.29, 1.82) is 0 Å². The molecule has 0 radical (unpaired) electrons.